The molecule has 2 atom stereocenters. The molecule has 0 aromatic carbocycles. The van der Waals surface area contributed by atoms with Crippen molar-refractivity contribution in [1.82, 2.24) is 19.8 Å². The van der Waals surface area contributed by atoms with Gasteiger partial charge in [0.1, 0.15) is 0 Å². The van der Waals surface area contributed by atoms with Crippen LogP contribution in [-0.2, 0) is 16.6 Å². The molecule has 0 unspecified atom stereocenters. The maximum Gasteiger partial charge on any atom is 0.290 e. The van der Waals surface area contributed by atoms with E-state index < -0.39 is 0 Å². The van der Waals surface area contributed by atoms with Gasteiger partial charge in [0, 0.05) is 19.4 Å². The molecule has 1 aromatic heterocycles. The van der Waals surface area contributed by atoms with Gasteiger partial charge in [0.15, 0.2) is 5.82 Å². The molecule has 3 rings (SSSR count). The number of nitrogens with zero attached hydrogens (tertiary/aromatic N) is 3. The normalized spacial score (nSPS) is 24.6. The van der Waals surface area contributed by atoms with Crippen molar-refractivity contribution >= 4 is 12.4 Å². The predicted octanol–water partition coefficient (Wildman–Crippen LogP) is -0.286. The summed E-state index contributed by atoms with van der Waals surface area (Å²) in [5, 5.41) is 9.95. The van der Waals surface area contributed by atoms with E-state index in [2.05, 4.69) is 15.2 Å². The number of carbonyl (C=O) groups excluding carboxylic acids is 1. The number of hydrogen-bond donors (Lipinski definition) is 2. The number of nitrogens with one attached hydrogen (secondary N) is 1. The van der Waals surface area contributed by atoms with Gasteiger partial charge in [-0.05, 0) is 25.9 Å². The molecular formula is C14H22N4O4. The van der Waals surface area contributed by atoms with Gasteiger partial charge in [-0.25, -0.2) is 4.98 Å². The van der Waals surface area contributed by atoms with Gasteiger partial charge in [0.05, 0.1) is 25.3 Å². The Kier molecular flexibility index (Phi) is 5.91. The van der Waals surface area contributed by atoms with Crippen LogP contribution in [0.2, 0.25) is 0 Å². The Hall–Kier alpha value is -1.93. The molecular weight excluding hydrogens is 288 g/mol. The Morgan fingerprint density at radius 3 is 2.73 bits per heavy atom. The molecule has 0 bridgehead atoms. The van der Waals surface area contributed by atoms with Gasteiger partial charge in [-0.3, -0.25) is 14.5 Å². The van der Waals surface area contributed by atoms with Gasteiger partial charge < -0.3 is 19.7 Å². The second-order valence-corrected chi connectivity index (χ2v) is 5.39. The van der Waals surface area contributed by atoms with Gasteiger partial charge in [0.2, 0.25) is 0 Å². The van der Waals surface area contributed by atoms with Crippen LogP contribution in [0, 0.1) is 0 Å². The summed E-state index contributed by atoms with van der Waals surface area (Å²) in [4.78, 5) is 27.0. The average molecular weight is 310 g/mol. The van der Waals surface area contributed by atoms with Crippen LogP contribution in [0.15, 0.2) is 12.4 Å². The van der Waals surface area contributed by atoms with Crippen molar-refractivity contribution in [3.63, 3.8) is 0 Å². The molecule has 3 heterocycles. The average Bonchev–Trinajstić information content (AvgIpc) is 3.19. The van der Waals surface area contributed by atoms with E-state index in [9.17, 15) is 4.79 Å². The van der Waals surface area contributed by atoms with E-state index in [1.54, 1.807) is 17.0 Å². The first-order valence-corrected chi connectivity index (χ1v) is 7.35. The lowest BCUT2D eigenvalue weighted by Crippen LogP contribution is -2.50. The third kappa shape index (κ3) is 3.83. The van der Waals surface area contributed by atoms with Crippen molar-refractivity contribution in [3.8, 4) is 0 Å². The molecule has 0 radical (unpaired) electrons. The number of rotatable bonds is 3. The summed E-state index contributed by atoms with van der Waals surface area (Å²) in [5.41, 5.74) is 0. The topological polar surface area (TPSA) is 96.7 Å². The Bertz CT molecular complexity index is 499. The summed E-state index contributed by atoms with van der Waals surface area (Å²) in [5.74, 6) is 0.333. The molecule has 22 heavy (non-hydrogen) atoms. The van der Waals surface area contributed by atoms with Gasteiger partial charge in [-0.15, -0.1) is 0 Å². The molecule has 2 N–H and O–H groups in total. The SMILES string of the molecule is Cn1ccnc1C(=O)N[C@H]1COC[C@@H]1N1CCCC1.O=CO. The highest BCUT2D eigenvalue weighted by Crippen LogP contribution is 2.19. The number of imidazole rings is 1. The summed E-state index contributed by atoms with van der Waals surface area (Å²) in [6.07, 6.45) is 5.91. The highest BCUT2D eigenvalue weighted by Gasteiger charge is 2.35. The molecule has 0 saturated carbocycles. The molecule has 1 amide bonds. The Morgan fingerprint density at radius 1 is 1.45 bits per heavy atom. The second-order valence-electron chi connectivity index (χ2n) is 5.39. The van der Waals surface area contributed by atoms with Crippen LogP contribution in [0.1, 0.15) is 23.5 Å². The molecule has 2 aliphatic heterocycles. The van der Waals surface area contributed by atoms with E-state index in [-0.39, 0.29) is 18.4 Å². The maximum atomic E-state index is 12.2. The van der Waals surface area contributed by atoms with E-state index in [1.807, 2.05) is 7.05 Å². The first-order chi connectivity index (χ1) is 10.7. The van der Waals surface area contributed by atoms with E-state index in [1.165, 1.54) is 12.8 Å². The van der Waals surface area contributed by atoms with E-state index in [0.717, 1.165) is 13.1 Å². The van der Waals surface area contributed by atoms with Crippen molar-refractivity contribution in [2.45, 2.75) is 24.9 Å². The fraction of sp³-hybridized carbons (Fsp3) is 0.643. The summed E-state index contributed by atoms with van der Waals surface area (Å²) in [6.45, 7) is 3.29. The van der Waals surface area contributed by atoms with Crippen LogP contribution in [0.5, 0.6) is 0 Å². The zero-order valence-corrected chi connectivity index (χ0v) is 12.6. The highest BCUT2D eigenvalue weighted by molar-refractivity contribution is 5.91. The molecule has 0 aliphatic carbocycles. The standard InChI is InChI=1S/C13H20N4O2.CH2O2/c1-16-7-4-14-12(16)13(18)15-10-8-19-9-11(10)17-5-2-3-6-17;2-1-3/h4,7,10-11H,2-3,5-6,8-9H2,1H3,(H,15,18);1H,(H,2,3)/t10-,11-;/m0./s1. The number of likely N-dealkylation sites (tertiary alicyclic amines) is 1. The second kappa shape index (κ2) is 7.90. The van der Waals surface area contributed by atoms with Crippen molar-refractivity contribution in [2.24, 2.45) is 7.05 Å². The first-order valence-electron chi connectivity index (χ1n) is 7.35. The zero-order chi connectivity index (χ0) is 15.9. The lowest BCUT2D eigenvalue weighted by atomic mass is 10.1. The number of aryl methyl sites for hydroxylation is 1. The number of hydrogen-bond acceptors (Lipinski definition) is 5. The number of carboxylic acid groups (broad SMARTS) is 1. The molecule has 1 aromatic rings. The number of ether oxygens (including phenoxy) is 1. The third-order valence-corrected chi connectivity index (χ3v) is 4.00. The van der Waals surface area contributed by atoms with Gasteiger partial charge in [-0.2, -0.15) is 0 Å². The van der Waals surface area contributed by atoms with E-state index in [0.29, 0.717) is 25.1 Å². The lowest BCUT2D eigenvalue weighted by Gasteiger charge is -2.27. The minimum absolute atomic E-state index is 0.0716. The third-order valence-electron chi connectivity index (χ3n) is 4.00. The number of carbonyl (C=O) groups is 2. The molecule has 8 heteroatoms. The van der Waals surface area contributed by atoms with Gasteiger partial charge in [0.25, 0.3) is 12.4 Å². The smallest absolute Gasteiger partial charge is 0.290 e. The monoisotopic (exact) mass is 310 g/mol. The summed E-state index contributed by atoms with van der Waals surface area (Å²) < 4.78 is 7.28. The summed E-state index contributed by atoms with van der Waals surface area (Å²) in [7, 11) is 1.82. The minimum Gasteiger partial charge on any atom is -0.483 e. The summed E-state index contributed by atoms with van der Waals surface area (Å²) >= 11 is 0. The van der Waals surface area contributed by atoms with Crippen molar-refractivity contribution in [2.75, 3.05) is 26.3 Å². The predicted molar refractivity (Wildman–Crippen MR) is 78.6 cm³/mol. The minimum atomic E-state index is -0.250. The summed E-state index contributed by atoms with van der Waals surface area (Å²) in [6, 6.07) is 0.383. The molecule has 2 aliphatic rings. The lowest BCUT2D eigenvalue weighted by molar-refractivity contribution is -0.122. The van der Waals surface area contributed by atoms with Crippen LogP contribution >= 0.6 is 0 Å². The van der Waals surface area contributed by atoms with Gasteiger partial charge in [-0.1, -0.05) is 0 Å². The quantitative estimate of drug-likeness (QED) is 0.745. The molecule has 2 fully saturated rings. The Labute approximate surface area is 129 Å². The fourth-order valence-electron chi connectivity index (χ4n) is 2.93. The maximum absolute atomic E-state index is 12.2. The van der Waals surface area contributed by atoms with Crippen LogP contribution in [0.3, 0.4) is 0 Å². The first kappa shape index (κ1) is 16.4. The van der Waals surface area contributed by atoms with E-state index in [4.69, 9.17) is 14.6 Å². The Morgan fingerprint density at radius 2 is 2.14 bits per heavy atom. The molecule has 2 saturated heterocycles. The van der Waals surface area contributed by atoms with E-state index >= 15 is 0 Å². The van der Waals surface area contributed by atoms with Crippen LogP contribution in [-0.4, -0.2) is 70.3 Å². The Balaban J connectivity index is 0.000000545. The molecule has 8 nitrogen and oxygen atoms in total. The van der Waals surface area contributed by atoms with Gasteiger partial charge >= 0.3 is 0 Å². The number of aromatic nitrogens is 2. The van der Waals surface area contributed by atoms with Crippen molar-refractivity contribution in [3.05, 3.63) is 18.2 Å². The molecule has 122 valence electrons. The van der Waals surface area contributed by atoms with Crippen LogP contribution in [0.25, 0.3) is 0 Å². The van der Waals surface area contributed by atoms with Crippen molar-refractivity contribution < 1.29 is 19.4 Å². The molecule has 0 spiro atoms. The van der Waals surface area contributed by atoms with Crippen LogP contribution < -0.4 is 5.32 Å². The van der Waals surface area contributed by atoms with Crippen LogP contribution in [0.4, 0.5) is 0 Å². The largest absolute Gasteiger partial charge is 0.483 e. The number of amides is 1. The van der Waals surface area contributed by atoms with Crippen molar-refractivity contribution in [1.29, 1.82) is 0 Å². The highest BCUT2D eigenvalue weighted by atomic mass is 16.5. The zero-order valence-electron chi connectivity index (χ0n) is 12.6. The fourth-order valence-corrected chi connectivity index (χ4v) is 2.93.